The maximum absolute atomic E-state index is 6.84. The largest absolute Gasteiger partial charge is 0.477 e. The highest BCUT2D eigenvalue weighted by molar-refractivity contribution is 4.94. The molecule has 0 aromatic heterocycles. The molecule has 3 heteroatoms. The van der Waals surface area contributed by atoms with Crippen LogP contribution in [0.5, 0.6) is 0 Å². The Hall–Kier alpha value is -1.06. The number of piperidine rings is 1. The van der Waals surface area contributed by atoms with Crippen molar-refractivity contribution in [2.75, 3.05) is 20.1 Å². The van der Waals surface area contributed by atoms with Crippen molar-refractivity contribution in [3.63, 3.8) is 0 Å². The van der Waals surface area contributed by atoms with Gasteiger partial charge in [-0.25, -0.2) is 22.8 Å². The summed E-state index contributed by atoms with van der Waals surface area (Å²) in [6.45, 7) is 15.8. The standard InChI is InChI=1S/C9H13N3/c1-10-9(11-2)8-4-6-12(3)7-5-8/h8-9H,4-7H2,3H3. The van der Waals surface area contributed by atoms with E-state index in [-0.39, 0.29) is 0 Å². The molecule has 0 aromatic rings. The second-order valence-corrected chi connectivity index (χ2v) is 3.31. The molecule has 1 aliphatic rings. The Kier molecular flexibility index (Phi) is 3.08. The van der Waals surface area contributed by atoms with Gasteiger partial charge in [-0.1, -0.05) is 0 Å². The lowest BCUT2D eigenvalue weighted by Crippen LogP contribution is -2.33. The Morgan fingerprint density at radius 1 is 1.25 bits per heavy atom. The van der Waals surface area contributed by atoms with Crippen LogP contribution in [0.4, 0.5) is 0 Å². The Balaban J connectivity index is 2.45. The Morgan fingerprint density at radius 3 is 2.17 bits per heavy atom. The third-order valence-electron chi connectivity index (χ3n) is 2.45. The zero-order valence-corrected chi connectivity index (χ0v) is 7.32. The van der Waals surface area contributed by atoms with Gasteiger partial charge in [0.1, 0.15) is 5.92 Å². The normalized spacial score (nSPS) is 20.3. The van der Waals surface area contributed by atoms with E-state index in [4.69, 9.17) is 13.1 Å². The van der Waals surface area contributed by atoms with Gasteiger partial charge in [-0.15, -0.1) is 0 Å². The first-order valence-electron chi connectivity index (χ1n) is 4.19. The van der Waals surface area contributed by atoms with Gasteiger partial charge in [-0.2, -0.15) is 0 Å². The Morgan fingerprint density at radius 2 is 1.75 bits per heavy atom. The van der Waals surface area contributed by atoms with Crippen molar-refractivity contribution >= 4 is 0 Å². The second kappa shape index (κ2) is 4.09. The number of hydrogen-bond acceptors (Lipinski definition) is 1. The number of likely N-dealkylation sites (tertiary alicyclic amines) is 1. The summed E-state index contributed by atoms with van der Waals surface area (Å²) < 4.78 is 0. The third-order valence-corrected chi connectivity index (χ3v) is 2.45. The van der Waals surface area contributed by atoms with Crippen LogP contribution in [0.25, 0.3) is 9.69 Å². The highest BCUT2D eigenvalue weighted by atomic mass is 15.1. The van der Waals surface area contributed by atoms with Crippen LogP contribution >= 0.6 is 0 Å². The van der Waals surface area contributed by atoms with Crippen molar-refractivity contribution < 1.29 is 0 Å². The fraction of sp³-hybridized carbons (Fsp3) is 0.778. The zero-order valence-electron chi connectivity index (χ0n) is 7.32. The van der Waals surface area contributed by atoms with E-state index >= 15 is 0 Å². The average Bonchev–Trinajstić information content (AvgIpc) is 2.10. The zero-order chi connectivity index (χ0) is 8.97. The van der Waals surface area contributed by atoms with Gasteiger partial charge < -0.3 is 4.90 Å². The number of nitrogens with zero attached hydrogens (tertiary/aromatic N) is 3. The topological polar surface area (TPSA) is 12.0 Å². The molecule has 0 aliphatic carbocycles. The van der Waals surface area contributed by atoms with Crippen LogP contribution in [0.2, 0.25) is 0 Å². The molecule has 3 nitrogen and oxygen atoms in total. The highest BCUT2D eigenvalue weighted by Crippen LogP contribution is 2.22. The molecular weight excluding hydrogens is 150 g/mol. The second-order valence-electron chi connectivity index (χ2n) is 3.31. The van der Waals surface area contributed by atoms with Gasteiger partial charge in [0.25, 0.3) is 0 Å². The molecule has 0 saturated carbocycles. The van der Waals surface area contributed by atoms with Gasteiger partial charge in [0, 0.05) is 0 Å². The fourth-order valence-corrected chi connectivity index (χ4v) is 1.57. The van der Waals surface area contributed by atoms with E-state index < -0.39 is 6.17 Å². The summed E-state index contributed by atoms with van der Waals surface area (Å²) in [7, 11) is 2.08. The maximum Gasteiger partial charge on any atom is 0.477 e. The minimum atomic E-state index is -0.418. The monoisotopic (exact) mass is 163 g/mol. The third kappa shape index (κ3) is 1.96. The summed E-state index contributed by atoms with van der Waals surface area (Å²) in [6.07, 6.45) is 1.59. The van der Waals surface area contributed by atoms with Gasteiger partial charge in [-0.3, -0.25) is 0 Å². The molecule has 0 spiro atoms. The van der Waals surface area contributed by atoms with Crippen molar-refractivity contribution in [3.05, 3.63) is 22.8 Å². The predicted octanol–water partition coefficient (Wildman–Crippen LogP) is 1.49. The van der Waals surface area contributed by atoms with Gasteiger partial charge in [0.05, 0.1) is 0 Å². The van der Waals surface area contributed by atoms with E-state index in [1.807, 2.05) is 0 Å². The minimum Gasteiger partial charge on any atom is -0.306 e. The molecule has 0 amide bonds. The van der Waals surface area contributed by atoms with Gasteiger partial charge >= 0.3 is 6.17 Å². The van der Waals surface area contributed by atoms with Crippen LogP contribution < -0.4 is 0 Å². The van der Waals surface area contributed by atoms with Crippen molar-refractivity contribution in [3.8, 4) is 0 Å². The van der Waals surface area contributed by atoms with Crippen LogP contribution in [0.3, 0.4) is 0 Å². The first-order chi connectivity index (χ1) is 5.77. The summed E-state index contributed by atoms with van der Waals surface area (Å²) in [6, 6.07) is 0. The smallest absolute Gasteiger partial charge is 0.306 e. The lowest BCUT2D eigenvalue weighted by atomic mass is 9.94. The molecule has 1 rings (SSSR count). The van der Waals surface area contributed by atoms with E-state index in [0.29, 0.717) is 5.92 Å². The molecule has 1 aliphatic heterocycles. The molecule has 1 saturated heterocycles. The molecule has 0 unspecified atom stereocenters. The molecule has 0 atom stereocenters. The van der Waals surface area contributed by atoms with E-state index in [0.717, 1.165) is 25.9 Å². The summed E-state index contributed by atoms with van der Waals surface area (Å²) in [4.78, 5) is 8.92. The van der Waals surface area contributed by atoms with Crippen LogP contribution in [0.1, 0.15) is 12.8 Å². The first-order valence-corrected chi connectivity index (χ1v) is 4.19. The van der Waals surface area contributed by atoms with Crippen LogP contribution in [-0.2, 0) is 0 Å². The lowest BCUT2D eigenvalue weighted by molar-refractivity contribution is 0.216. The Bertz CT molecular complexity index is 201. The van der Waals surface area contributed by atoms with E-state index in [1.165, 1.54) is 0 Å². The molecule has 12 heavy (non-hydrogen) atoms. The molecule has 0 aromatic carbocycles. The molecule has 0 N–H and O–H groups in total. The first kappa shape index (κ1) is 9.03. The molecular formula is C9H13N3. The SMILES string of the molecule is [C-]#[N+]C([N+]#[C-])C1CCN(C)CC1. The lowest BCUT2D eigenvalue weighted by Gasteiger charge is -2.25. The fourth-order valence-electron chi connectivity index (χ4n) is 1.57. The quantitative estimate of drug-likeness (QED) is 0.533. The minimum absolute atomic E-state index is 0.316. The summed E-state index contributed by atoms with van der Waals surface area (Å²) >= 11 is 0. The van der Waals surface area contributed by atoms with E-state index in [9.17, 15) is 0 Å². The van der Waals surface area contributed by atoms with Crippen LogP contribution in [0.15, 0.2) is 0 Å². The molecule has 0 radical (unpaired) electrons. The van der Waals surface area contributed by atoms with Crippen molar-refractivity contribution in [1.82, 2.24) is 4.90 Å². The van der Waals surface area contributed by atoms with Crippen LogP contribution in [-0.4, -0.2) is 31.2 Å². The average molecular weight is 163 g/mol. The molecule has 64 valence electrons. The molecule has 1 heterocycles. The summed E-state index contributed by atoms with van der Waals surface area (Å²) in [5, 5.41) is 0. The van der Waals surface area contributed by atoms with E-state index in [1.54, 1.807) is 0 Å². The molecule has 1 fully saturated rings. The van der Waals surface area contributed by atoms with Crippen molar-refractivity contribution in [2.45, 2.75) is 19.0 Å². The summed E-state index contributed by atoms with van der Waals surface area (Å²) in [5.74, 6) is 0.316. The van der Waals surface area contributed by atoms with E-state index in [2.05, 4.69) is 21.6 Å². The van der Waals surface area contributed by atoms with Crippen molar-refractivity contribution in [2.24, 2.45) is 5.92 Å². The van der Waals surface area contributed by atoms with Crippen LogP contribution in [0, 0.1) is 19.1 Å². The van der Waals surface area contributed by atoms with Crippen molar-refractivity contribution in [1.29, 1.82) is 0 Å². The Labute approximate surface area is 73.6 Å². The van der Waals surface area contributed by atoms with Gasteiger partial charge in [-0.05, 0) is 33.0 Å². The predicted molar refractivity (Wildman–Crippen MR) is 47.2 cm³/mol. The van der Waals surface area contributed by atoms with Gasteiger partial charge in [0.15, 0.2) is 0 Å². The maximum atomic E-state index is 6.84. The number of hydrogen-bond donors (Lipinski definition) is 0. The molecule has 0 bridgehead atoms. The summed E-state index contributed by atoms with van der Waals surface area (Å²) in [5.41, 5.74) is 0. The van der Waals surface area contributed by atoms with Gasteiger partial charge in [0.2, 0.25) is 0 Å². The number of rotatable bonds is 1. The highest BCUT2D eigenvalue weighted by Gasteiger charge is 2.33.